The summed E-state index contributed by atoms with van der Waals surface area (Å²) in [6.07, 6.45) is 13.4. The largest absolute Gasteiger partial charge is 0.375 e. The third-order valence-corrected chi connectivity index (χ3v) is 8.97. The van der Waals surface area contributed by atoms with Crippen molar-refractivity contribution in [2.75, 3.05) is 0 Å². The fourth-order valence-corrected chi connectivity index (χ4v) is 7.66. The first-order valence-electron chi connectivity index (χ1n) is 10.7. The van der Waals surface area contributed by atoms with E-state index in [2.05, 4.69) is 34.3 Å². The lowest BCUT2D eigenvalue weighted by molar-refractivity contribution is -0.134. The molecule has 4 aliphatic rings. The Morgan fingerprint density at radius 2 is 1.71 bits per heavy atom. The Kier molecular flexibility index (Phi) is 4.18. The molecule has 0 heterocycles. The van der Waals surface area contributed by atoms with Gasteiger partial charge in [-0.25, -0.2) is 0 Å². The van der Waals surface area contributed by atoms with Crippen molar-refractivity contribution in [1.82, 2.24) is 0 Å². The third-order valence-electron chi connectivity index (χ3n) is 8.97. The summed E-state index contributed by atoms with van der Waals surface area (Å²) in [4.78, 5) is 0. The third kappa shape index (κ3) is 2.44. The molecule has 136 valence electrons. The Morgan fingerprint density at radius 1 is 0.958 bits per heavy atom. The molecule has 0 amide bonds. The summed E-state index contributed by atoms with van der Waals surface area (Å²) in [7, 11) is 0. The molecule has 4 saturated carbocycles. The lowest BCUT2D eigenvalue weighted by Crippen LogP contribution is -2.53. The van der Waals surface area contributed by atoms with Gasteiger partial charge in [-0.1, -0.05) is 26.0 Å². The van der Waals surface area contributed by atoms with Crippen LogP contribution in [-0.4, -0.2) is 12.2 Å². The molecule has 0 aliphatic heterocycles. The Balaban J connectivity index is 1.57. The Labute approximate surface area is 149 Å². The van der Waals surface area contributed by atoms with Crippen molar-refractivity contribution in [3.05, 3.63) is 12.2 Å². The summed E-state index contributed by atoms with van der Waals surface area (Å²) >= 11 is 0. The van der Waals surface area contributed by atoms with E-state index < -0.39 is 0 Å². The lowest BCUT2D eigenvalue weighted by atomic mass is 9.45. The highest BCUT2D eigenvalue weighted by atomic mass is 16.5. The van der Waals surface area contributed by atoms with Gasteiger partial charge < -0.3 is 4.74 Å². The highest BCUT2D eigenvalue weighted by molar-refractivity contribution is 5.13. The van der Waals surface area contributed by atoms with Gasteiger partial charge >= 0.3 is 0 Å². The van der Waals surface area contributed by atoms with Crippen LogP contribution in [0, 0.1) is 34.5 Å². The summed E-state index contributed by atoms with van der Waals surface area (Å²) in [6.45, 7) is 14.0. The van der Waals surface area contributed by atoms with Gasteiger partial charge in [0.2, 0.25) is 0 Å². The minimum Gasteiger partial charge on any atom is -0.375 e. The van der Waals surface area contributed by atoms with Gasteiger partial charge in [0.05, 0.1) is 12.2 Å². The van der Waals surface area contributed by atoms with Crippen molar-refractivity contribution >= 4 is 0 Å². The first-order chi connectivity index (χ1) is 11.3. The fourth-order valence-electron chi connectivity index (χ4n) is 7.66. The molecule has 0 spiro atoms. The number of fused-ring (bicyclic) bond motifs is 5. The van der Waals surface area contributed by atoms with Gasteiger partial charge in [-0.2, -0.15) is 0 Å². The molecule has 0 unspecified atom stereocenters. The van der Waals surface area contributed by atoms with Gasteiger partial charge in [0.1, 0.15) is 0 Å². The molecule has 1 heteroatoms. The van der Waals surface area contributed by atoms with Crippen molar-refractivity contribution < 1.29 is 4.74 Å². The molecule has 1 nitrogen and oxygen atoms in total. The molecule has 0 aromatic carbocycles. The topological polar surface area (TPSA) is 9.23 Å². The highest BCUT2D eigenvalue weighted by Gasteiger charge is 2.60. The normalized spacial score (nSPS) is 51.2. The van der Waals surface area contributed by atoms with Crippen LogP contribution in [-0.2, 0) is 4.74 Å². The maximum absolute atomic E-state index is 6.40. The zero-order valence-electron chi connectivity index (χ0n) is 16.4. The zero-order chi connectivity index (χ0) is 17.1. The number of hydrogen-bond donors (Lipinski definition) is 0. The molecule has 4 aliphatic carbocycles. The molecular formula is C23H38O. The molecule has 0 bridgehead atoms. The van der Waals surface area contributed by atoms with Crippen LogP contribution < -0.4 is 0 Å². The number of hydrogen-bond acceptors (Lipinski definition) is 1. The van der Waals surface area contributed by atoms with Crippen LogP contribution >= 0.6 is 0 Å². The van der Waals surface area contributed by atoms with E-state index in [-0.39, 0.29) is 0 Å². The predicted octanol–water partition coefficient (Wildman–Crippen LogP) is 6.38. The van der Waals surface area contributed by atoms with Crippen molar-refractivity contribution in [2.24, 2.45) is 34.5 Å². The first-order valence-corrected chi connectivity index (χ1v) is 10.7. The standard InChI is InChI=1S/C23H38O/c1-15(2)24-21-9-8-19-18-7-6-17-14-16(3)10-12-22(17,4)20(18)11-13-23(19,21)5/h15,17-21H,3,6-14H2,1-2,4-5H3/t17-,18-,19-,20-,21-,22-,23-/m0/s1. The average molecular weight is 331 g/mol. The van der Waals surface area contributed by atoms with E-state index in [1.165, 1.54) is 63.4 Å². The summed E-state index contributed by atoms with van der Waals surface area (Å²) < 4.78 is 6.40. The second kappa shape index (κ2) is 5.86. The van der Waals surface area contributed by atoms with Crippen LogP contribution in [0.3, 0.4) is 0 Å². The van der Waals surface area contributed by atoms with Crippen molar-refractivity contribution in [1.29, 1.82) is 0 Å². The summed E-state index contributed by atoms with van der Waals surface area (Å²) in [5, 5.41) is 0. The Bertz CT molecular complexity index is 508. The van der Waals surface area contributed by atoms with Gasteiger partial charge in [0.15, 0.2) is 0 Å². The molecule has 0 saturated heterocycles. The second-order valence-electron chi connectivity index (χ2n) is 10.4. The van der Waals surface area contributed by atoms with E-state index in [0.29, 0.717) is 23.0 Å². The van der Waals surface area contributed by atoms with Gasteiger partial charge in [0.25, 0.3) is 0 Å². The van der Waals surface area contributed by atoms with E-state index >= 15 is 0 Å². The monoisotopic (exact) mass is 330 g/mol. The molecule has 0 aromatic rings. The minimum absolute atomic E-state index is 0.376. The first kappa shape index (κ1) is 17.1. The van der Waals surface area contributed by atoms with Crippen LogP contribution in [0.15, 0.2) is 12.2 Å². The van der Waals surface area contributed by atoms with Crippen LogP contribution in [0.4, 0.5) is 0 Å². The second-order valence-corrected chi connectivity index (χ2v) is 10.4. The SMILES string of the molecule is C=C1CC[C@@]2(C)[C@@H](CC[C@@H]3[C@@H]2CC[C@]2(C)[C@@H](OC(C)C)CC[C@@H]32)C1. The Hall–Kier alpha value is -0.300. The van der Waals surface area contributed by atoms with E-state index in [1.807, 2.05) is 0 Å². The van der Waals surface area contributed by atoms with Crippen molar-refractivity contribution in [2.45, 2.75) is 97.7 Å². The highest BCUT2D eigenvalue weighted by Crippen LogP contribution is 2.66. The van der Waals surface area contributed by atoms with Gasteiger partial charge in [0, 0.05) is 0 Å². The summed E-state index contributed by atoms with van der Waals surface area (Å²) in [5.74, 6) is 3.79. The molecular weight excluding hydrogens is 292 g/mol. The van der Waals surface area contributed by atoms with Crippen LogP contribution in [0.2, 0.25) is 0 Å². The van der Waals surface area contributed by atoms with Crippen LogP contribution in [0.25, 0.3) is 0 Å². The maximum atomic E-state index is 6.40. The van der Waals surface area contributed by atoms with Crippen molar-refractivity contribution in [3.8, 4) is 0 Å². The van der Waals surface area contributed by atoms with E-state index in [0.717, 1.165) is 23.7 Å². The number of rotatable bonds is 2. The molecule has 24 heavy (non-hydrogen) atoms. The minimum atomic E-state index is 0.376. The fraction of sp³-hybridized carbons (Fsp3) is 0.913. The number of ether oxygens (including phenoxy) is 1. The summed E-state index contributed by atoms with van der Waals surface area (Å²) in [5.41, 5.74) is 2.58. The van der Waals surface area contributed by atoms with Crippen molar-refractivity contribution in [3.63, 3.8) is 0 Å². The lowest BCUT2D eigenvalue weighted by Gasteiger charge is -2.60. The van der Waals surface area contributed by atoms with E-state index in [9.17, 15) is 0 Å². The van der Waals surface area contributed by atoms with Crippen LogP contribution in [0.5, 0.6) is 0 Å². The molecule has 4 rings (SSSR count). The van der Waals surface area contributed by atoms with E-state index in [1.54, 1.807) is 0 Å². The molecule has 0 N–H and O–H groups in total. The number of allylic oxidation sites excluding steroid dienone is 1. The zero-order valence-corrected chi connectivity index (χ0v) is 16.4. The predicted molar refractivity (Wildman–Crippen MR) is 101 cm³/mol. The average Bonchev–Trinajstić information content (AvgIpc) is 2.84. The quantitative estimate of drug-likeness (QED) is 0.534. The van der Waals surface area contributed by atoms with Gasteiger partial charge in [-0.05, 0) is 106 Å². The molecule has 7 atom stereocenters. The maximum Gasteiger partial charge on any atom is 0.0635 e. The molecule has 0 aromatic heterocycles. The van der Waals surface area contributed by atoms with E-state index in [4.69, 9.17) is 4.74 Å². The van der Waals surface area contributed by atoms with Crippen LogP contribution in [0.1, 0.15) is 85.5 Å². The Morgan fingerprint density at radius 3 is 2.46 bits per heavy atom. The molecule has 0 radical (unpaired) electrons. The van der Waals surface area contributed by atoms with Gasteiger partial charge in [-0.3, -0.25) is 0 Å². The summed E-state index contributed by atoms with van der Waals surface area (Å²) in [6, 6.07) is 0. The molecule has 4 fully saturated rings. The smallest absolute Gasteiger partial charge is 0.0635 e. The van der Waals surface area contributed by atoms with Gasteiger partial charge in [-0.15, -0.1) is 0 Å².